The molecule has 10 atom stereocenters. The summed E-state index contributed by atoms with van der Waals surface area (Å²) in [4.78, 5) is 24.9. The number of hydrogen-bond donors (Lipinski definition) is 7. The van der Waals surface area contributed by atoms with Crippen molar-refractivity contribution < 1.29 is 49.0 Å². The van der Waals surface area contributed by atoms with E-state index in [9.17, 15) is 30.0 Å². The third-order valence-corrected chi connectivity index (χ3v) is 5.94. The second-order valence-corrected chi connectivity index (χ2v) is 11.4. The Bertz CT molecular complexity index is 753. The highest BCUT2D eigenvalue weighted by Gasteiger charge is 2.50. The van der Waals surface area contributed by atoms with E-state index in [0.717, 1.165) is 0 Å². The molecule has 1 saturated heterocycles. The molecule has 36 heavy (non-hydrogen) atoms. The number of amides is 2. The summed E-state index contributed by atoms with van der Waals surface area (Å²) < 4.78 is 22.3. The van der Waals surface area contributed by atoms with Crippen LogP contribution >= 0.6 is 0 Å². The first-order chi connectivity index (χ1) is 16.4. The van der Waals surface area contributed by atoms with Crippen LogP contribution in [0, 0.1) is 5.92 Å². The zero-order valence-electron chi connectivity index (χ0n) is 22.0. The Kier molecular flexibility index (Phi) is 9.96. The molecule has 2 fully saturated rings. The van der Waals surface area contributed by atoms with Gasteiger partial charge in [-0.2, -0.15) is 0 Å². The molecule has 1 heterocycles. The van der Waals surface area contributed by atoms with Crippen molar-refractivity contribution in [2.45, 2.75) is 121 Å². The first-order valence-electron chi connectivity index (χ1n) is 12.2. The van der Waals surface area contributed by atoms with Crippen LogP contribution in [-0.4, -0.2) is 105 Å². The van der Waals surface area contributed by atoms with Crippen LogP contribution in [0.1, 0.15) is 54.9 Å². The van der Waals surface area contributed by atoms with Gasteiger partial charge < -0.3 is 55.7 Å². The number of carbonyl (C=O) groups is 2. The first-order valence-corrected chi connectivity index (χ1v) is 12.2. The van der Waals surface area contributed by atoms with Crippen molar-refractivity contribution in [3.63, 3.8) is 0 Å². The van der Waals surface area contributed by atoms with Gasteiger partial charge in [0.05, 0.1) is 18.2 Å². The van der Waals surface area contributed by atoms with Gasteiger partial charge in [-0.15, -0.1) is 0 Å². The molecule has 2 amide bonds. The van der Waals surface area contributed by atoms with Crippen LogP contribution in [0.2, 0.25) is 0 Å². The largest absolute Gasteiger partial charge is 0.444 e. The lowest BCUT2D eigenvalue weighted by Gasteiger charge is -2.47. The molecular weight excluding hydrogens is 478 g/mol. The number of aliphatic hydroxyl groups is 4. The van der Waals surface area contributed by atoms with Crippen molar-refractivity contribution >= 4 is 12.2 Å². The van der Waals surface area contributed by atoms with Crippen LogP contribution in [0.25, 0.3) is 0 Å². The lowest BCUT2D eigenvalue weighted by Crippen LogP contribution is -2.67. The molecule has 0 radical (unpaired) electrons. The summed E-state index contributed by atoms with van der Waals surface area (Å²) in [5, 5.41) is 47.5. The van der Waals surface area contributed by atoms with Crippen LogP contribution in [0.5, 0.6) is 0 Å². The van der Waals surface area contributed by atoms with Gasteiger partial charge in [0.25, 0.3) is 0 Å². The van der Waals surface area contributed by atoms with E-state index in [1.54, 1.807) is 48.5 Å². The third-order valence-electron chi connectivity index (χ3n) is 5.94. The first kappa shape index (κ1) is 30.5. The molecule has 13 nitrogen and oxygen atoms in total. The fourth-order valence-electron chi connectivity index (χ4n) is 4.17. The van der Waals surface area contributed by atoms with E-state index in [0.29, 0.717) is 0 Å². The van der Waals surface area contributed by atoms with E-state index in [-0.39, 0.29) is 13.0 Å². The number of rotatable bonds is 5. The number of carbonyl (C=O) groups excluding carboxylic acids is 2. The van der Waals surface area contributed by atoms with Crippen LogP contribution in [0.15, 0.2) is 0 Å². The van der Waals surface area contributed by atoms with Crippen molar-refractivity contribution in [3.8, 4) is 0 Å². The van der Waals surface area contributed by atoms with E-state index in [2.05, 4.69) is 10.6 Å². The van der Waals surface area contributed by atoms with Gasteiger partial charge in [-0.05, 0) is 48.0 Å². The Morgan fingerprint density at radius 2 is 1.36 bits per heavy atom. The van der Waals surface area contributed by atoms with Crippen LogP contribution in [0.4, 0.5) is 9.59 Å². The average molecular weight is 522 g/mol. The van der Waals surface area contributed by atoms with Crippen molar-refractivity contribution in [1.29, 1.82) is 0 Å². The number of nitrogens with two attached hydrogens (primary N) is 1. The van der Waals surface area contributed by atoms with E-state index in [1.165, 1.54) is 0 Å². The number of alkyl carbamates (subject to hydrolysis) is 2. The Labute approximate surface area is 211 Å². The summed E-state index contributed by atoms with van der Waals surface area (Å²) in [6.45, 7) is 11.6. The number of aliphatic hydroxyl groups excluding tert-OH is 4. The monoisotopic (exact) mass is 521 g/mol. The SMILES string of the molecule is CC1[C@@H](O[C@@H]2C(NC(=O)OC(C)(C)C)C[C@@H](NC(=O)OC(C)(C)C)C(O)[C@H]2O)OC(CN)[C@@H](O)[C@@H]1O. The van der Waals surface area contributed by atoms with Gasteiger partial charge >= 0.3 is 12.2 Å². The standard InChI is InChI=1S/C23H43N3O10/c1-10-14(27)16(29)13(9-24)33-19(10)34-18-12(26-21(32)36-23(5,6)7)8-11(15(28)17(18)30)25-20(31)35-22(2,3)4/h10-19,27-30H,8-9,24H2,1-7H3,(H,25,31)(H,26,32)/t10?,11-,12?,13?,14-,15?,16-,17-,18-,19-/m1/s1. The molecule has 4 unspecified atom stereocenters. The van der Waals surface area contributed by atoms with Gasteiger partial charge in [0, 0.05) is 12.5 Å². The van der Waals surface area contributed by atoms with E-state index in [4.69, 9.17) is 24.7 Å². The maximum Gasteiger partial charge on any atom is 0.407 e. The summed E-state index contributed by atoms with van der Waals surface area (Å²) in [6, 6.07) is -1.95. The predicted molar refractivity (Wildman–Crippen MR) is 127 cm³/mol. The minimum Gasteiger partial charge on any atom is -0.444 e. The molecule has 0 aromatic carbocycles. The summed E-state index contributed by atoms with van der Waals surface area (Å²) in [6.07, 6.45) is -10.4. The molecule has 2 aliphatic rings. The Balaban J connectivity index is 2.26. The summed E-state index contributed by atoms with van der Waals surface area (Å²) in [5.41, 5.74) is 4.04. The lowest BCUT2D eigenvalue weighted by molar-refractivity contribution is -0.303. The molecule has 13 heteroatoms. The quantitative estimate of drug-likeness (QED) is 0.242. The topological polar surface area (TPSA) is 202 Å². The Hall–Kier alpha value is -1.74. The second kappa shape index (κ2) is 11.8. The molecule has 1 aliphatic heterocycles. The molecular formula is C23H43N3O10. The van der Waals surface area contributed by atoms with Crippen LogP contribution in [0.3, 0.4) is 0 Å². The second-order valence-electron chi connectivity index (χ2n) is 11.4. The molecule has 1 saturated carbocycles. The fraction of sp³-hybridized carbons (Fsp3) is 0.913. The van der Waals surface area contributed by atoms with Crippen LogP contribution in [-0.2, 0) is 18.9 Å². The Morgan fingerprint density at radius 1 is 0.861 bits per heavy atom. The average Bonchev–Trinajstić information content (AvgIpc) is 2.71. The predicted octanol–water partition coefficient (Wildman–Crippen LogP) is -0.675. The van der Waals surface area contributed by atoms with Gasteiger partial charge in [0.2, 0.25) is 0 Å². The highest BCUT2D eigenvalue weighted by molar-refractivity contribution is 5.69. The minimum atomic E-state index is -1.59. The maximum absolute atomic E-state index is 12.6. The number of ether oxygens (including phenoxy) is 4. The molecule has 0 aromatic heterocycles. The van der Waals surface area contributed by atoms with E-state index in [1.807, 2.05) is 0 Å². The fourth-order valence-corrected chi connectivity index (χ4v) is 4.17. The molecule has 0 spiro atoms. The highest BCUT2D eigenvalue weighted by Crippen LogP contribution is 2.32. The van der Waals surface area contributed by atoms with Crippen molar-refractivity contribution in [2.24, 2.45) is 11.7 Å². The summed E-state index contributed by atoms with van der Waals surface area (Å²) in [5.74, 6) is -0.730. The molecule has 210 valence electrons. The van der Waals surface area contributed by atoms with Crippen molar-refractivity contribution in [1.82, 2.24) is 10.6 Å². The van der Waals surface area contributed by atoms with E-state index < -0.39 is 84.3 Å². The number of nitrogens with one attached hydrogen (secondary N) is 2. The molecule has 0 bridgehead atoms. The molecule has 1 aliphatic carbocycles. The minimum absolute atomic E-state index is 0.0476. The zero-order chi connectivity index (χ0) is 27.6. The van der Waals surface area contributed by atoms with Gasteiger partial charge in [-0.1, -0.05) is 6.92 Å². The Morgan fingerprint density at radius 3 is 1.83 bits per heavy atom. The normalized spacial score (nSPS) is 37.7. The zero-order valence-corrected chi connectivity index (χ0v) is 22.0. The summed E-state index contributed by atoms with van der Waals surface area (Å²) in [7, 11) is 0. The van der Waals surface area contributed by atoms with Crippen molar-refractivity contribution in [3.05, 3.63) is 0 Å². The van der Waals surface area contributed by atoms with Crippen LogP contribution < -0.4 is 16.4 Å². The molecule has 8 N–H and O–H groups in total. The molecule has 0 aromatic rings. The third kappa shape index (κ3) is 8.13. The maximum atomic E-state index is 12.6. The smallest absolute Gasteiger partial charge is 0.407 e. The summed E-state index contributed by atoms with van der Waals surface area (Å²) >= 11 is 0. The van der Waals surface area contributed by atoms with Crippen molar-refractivity contribution in [2.75, 3.05) is 6.54 Å². The van der Waals surface area contributed by atoms with Gasteiger partial charge in [-0.3, -0.25) is 0 Å². The van der Waals surface area contributed by atoms with Gasteiger partial charge in [0.1, 0.15) is 41.7 Å². The lowest BCUT2D eigenvalue weighted by atomic mass is 9.83. The highest BCUT2D eigenvalue weighted by atomic mass is 16.7. The van der Waals surface area contributed by atoms with E-state index >= 15 is 0 Å². The van der Waals surface area contributed by atoms with Gasteiger partial charge in [-0.25, -0.2) is 9.59 Å². The molecule has 2 rings (SSSR count). The number of hydrogen-bond acceptors (Lipinski definition) is 11. The van der Waals surface area contributed by atoms with Gasteiger partial charge in [0.15, 0.2) is 6.29 Å².